The van der Waals surface area contributed by atoms with Crippen molar-refractivity contribution in [2.24, 2.45) is 5.73 Å². The van der Waals surface area contributed by atoms with Crippen molar-refractivity contribution in [2.75, 3.05) is 13.2 Å². The molecule has 4 heteroatoms. The highest BCUT2D eigenvalue weighted by Crippen LogP contribution is 2.35. The van der Waals surface area contributed by atoms with Crippen molar-refractivity contribution < 1.29 is 0 Å². The number of rotatable bonds is 6. The van der Waals surface area contributed by atoms with Crippen molar-refractivity contribution in [3.05, 3.63) is 35.4 Å². The standard InChI is InChI=1S/C16H26N4/c1-3-5-10-19(16(17)18)12-20-11-13-8-6-7-9-14(13)15(20)4-2/h6-9,15H,3-5,10-12H2,1-2H3,(H3,17,18). The molecule has 1 aliphatic rings. The van der Waals surface area contributed by atoms with E-state index in [9.17, 15) is 0 Å². The number of nitrogens with zero attached hydrogens (tertiary/aromatic N) is 2. The third-order valence-corrected chi connectivity index (χ3v) is 4.09. The van der Waals surface area contributed by atoms with E-state index in [0.717, 1.165) is 39.0 Å². The summed E-state index contributed by atoms with van der Waals surface area (Å²) in [6.07, 6.45) is 3.30. The summed E-state index contributed by atoms with van der Waals surface area (Å²) in [5, 5.41) is 7.75. The van der Waals surface area contributed by atoms with E-state index < -0.39 is 0 Å². The summed E-state index contributed by atoms with van der Waals surface area (Å²) in [5.41, 5.74) is 8.58. The molecule has 0 aromatic heterocycles. The van der Waals surface area contributed by atoms with Crippen LogP contribution >= 0.6 is 0 Å². The smallest absolute Gasteiger partial charge is 0.189 e. The first-order valence-electron chi connectivity index (χ1n) is 7.58. The van der Waals surface area contributed by atoms with Gasteiger partial charge in [0.2, 0.25) is 0 Å². The molecule has 1 atom stereocenters. The summed E-state index contributed by atoms with van der Waals surface area (Å²) >= 11 is 0. The first-order valence-corrected chi connectivity index (χ1v) is 7.58. The van der Waals surface area contributed by atoms with E-state index in [-0.39, 0.29) is 5.96 Å². The molecule has 0 amide bonds. The summed E-state index contributed by atoms with van der Waals surface area (Å²) in [5.74, 6) is 0.184. The van der Waals surface area contributed by atoms with Crippen LogP contribution in [0.25, 0.3) is 0 Å². The van der Waals surface area contributed by atoms with E-state index >= 15 is 0 Å². The lowest BCUT2D eigenvalue weighted by Gasteiger charge is -2.31. The molecule has 0 aliphatic carbocycles. The lowest BCUT2D eigenvalue weighted by atomic mass is 10.0. The summed E-state index contributed by atoms with van der Waals surface area (Å²) in [4.78, 5) is 4.42. The first kappa shape index (κ1) is 14.9. The van der Waals surface area contributed by atoms with Gasteiger partial charge in [0.1, 0.15) is 0 Å². The Balaban J connectivity index is 2.07. The number of guanidine groups is 1. The van der Waals surface area contributed by atoms with Crippen LogP contribution in [0.4, 0.5) is 0 Å². The minimum absolute atomic E-state index is 0.184. The Labute approximate surface area is 122 Å². The van der Waals surface area contributed by atoms with Crippen molar-refractivity contribution in [3.63, 3.8) is 0 Å². The van der Waals surface area contributed by atoms with Crippen LogP contribution in [0, 0.1) is 5.41 Å². The van der Waals surface area contributed by atoms with Gasteiger partial charge in [-0.3, -0.25) is 10.3 Å². The summed E-state index contributed by atoms with van der Waals surface area (Å²) < 4.78 is 0. The van der Waals surface area contributed by atoms with E-state index in [4.69, 9.17) is 11.1 Å². The zero-order valence-corrected chi connectivity index (χ0v) is 12.6. The molecule has 0 saturated carbocycles. The Morgan fingerprint density at radius 3 is 2.80 bits per heavy atom. The zero-order valence-electron chi connectivity index (χ0n) is 12.6. The number of nitrogens with one attached hydrogen (secondary N) is 1. The van der Waals surface area contributed by atoms with Crippen LogP contribution in [0.2, 0.25) is 0 Å². The van der Waals surface area contributed by atoms with Gasteiger partial charge in [0.05, 0.1) is 6.67 Å². The van der Waals surface area contributed by atoms with Crippen LogP contribution < -0.4 is 5.73 Å². The molecule has 0 bridgehead atoms. The third-order valence-electron chi connectivity index (χ3n) is 4.09. The van der Waals surface area contributed by atoms with Gasteiger partial charge in [-0.2, -0.15) is 0 Å². The van der Waals surface area contributed by atoms with Gasteiger partial charge in [0.15, 0.2) is 5.96 Å². The molecule has 1 aromatic rings. The monoisotopic (exact) mass is 274 g/mol. The van der Waals surface area contributed by atoms with Crippen LogP contribution in [0.5, 0.6) is 0 Å². The van der Waals surface area contributed by atoms with Crippen molar-refractivity contribution in [3.8, 4) is 0 Å². The molecule has 4 nitrogen and oxygen atoms in total. The van der Waals surface area contributed by atoms with E-state index in [2.05, 4.69) is 43.0 Å². The number of hydrogen-bond acceptors (Lipinski definition) is 2. The van der Waals surface area contributed by atoms with Crippen molar-refractivity contribution in [2.45, 2.75) is 45.7 Å². The highest BCUT2D eigenvalue weighted by molar-refractivity contribution is 5.74. The molecule has 0 fully saturated rings. The maximum atomic E-state index is 7.75. The van der Waals surface area contributed by atoms with Gasteiger partial charge >= 0.3 is 0 Å². The fourth-order valence-electron chi connectivity index (χ4n) is 2.99. The van der Waals surface area contributed by atoms with Crippen LogP contribution in [0.15, 0.2) is 24.3 Å². The lowest BCUT2D eigenvalue weighted by Crippen LogP contribution is -2.44. The Bertz CT molecular complexity index is 458. The molecule has 20 heavy (non-hydrogen) atoms. The van der Waals surface area contributed by atoms with Gasteiger partial charge in [-0.25, -0.2) is 0 Å². The largest absolute Gasteiger partial charge is 0.370 e. The van der Waals surface area contributed by atoms with Gasteiger partial charge in [0, 0.05) is 19.1 Å². The highest BCUT2D eigenvalue weighted by atomic mass is 15.4. The topological polar surface area (TPSA) is 56.4 Å². The minimum atomic E-state index is 0.184. The van der Waals surface area contributed by atoms with Gasteiger partial charge < -0.3 is 10.6 Å². The Morgan fingerprint density at radius 2 is 2.15 bits per heavy atom. The van der Waals surface area contributed by atoms with E-state index in [1.54, 1.807) is 0 Å². The molecular formula is C16H26N4. The Morgan fingerprint density at radius 1 is 1.40 bits per heavy atom. The number of hydrogen-bond donors (Lipinski definition) is 2. The molecule has 3 N–H and O–H groups in total. The van der Waals surface area contributed by atoms with Crippen LogP contribution in [0.3, 0.4) is 0 Å². The second kappa shape index (κ2) is 6.75. The maximum Gasteiger partial charge on any atom is 0.189 e. The second-order valence-electron chi connectivity index (χ2n) is 5.51. The van der Waals surface area contributed by atoms with Gasteiger partial charge in [-0.1, -0.05) is 44.5 Å². The summed E-state index contributed by atoms with van der Waals surface area (Å²) in [6.45, 7) is 6.98. The molecule has 1 aromatic carbocycles. The van der Waals surface area contributed by atoms with E-state index in [1.807, 2.05) is 4.90 Å². The predicted octanol–water partition coefficient (Wildman–Crippen LogP) is 2.91. The van der Waals surface area contributed by atoms with E-state index in [0.29, 0.717) is 6.04 Å². The molecule has 0 spiro atoms. The molecule has 1 unspecified atom stereocenters. The zero-order chi connectivity index (χ0) is 14.5. The van der Waals surface area contributed by atoms with Crippen LogP contribution in [-0.2, 0) is 6.54 Å². The van der Waals surface area contributed by atoms with Gasteiger partial charge in [-0.15, -0.1) is 0 Å². The quantitative estimate of drug-likeness (QED) is 0.619. The fourth-order valence-corrected chi connectivity index (χ4v) is 2.99. The van der Waals surface area contributed by atoms with Crippen molar-refractivity contribution >= 4 is 5.96 Å². The predicted molar refractivity (Wildman–Crippen MR) is 83.4 cm³/mol. The number of fused-ring (bicyclic) bond motifs is 1. The van der Waals surface area contributed by atoms with Gasteiger partial charge in [-0.05, 0) is 24.0 Å². The summed E-state index contributed by atoms with van der Waals surface area (Å²) in [6, 6.07) is 9.12. The normalized spacial score (nSPS) is 18.0. The Hall–Kier alpha value is -1.55. The average molecular weight is 274 g/mol. The highest BCUT2D eigenvalue weighted by Gasteiger charge is 2.29. The number of nitrogens with two attached hydrogens (primary N) is 1. The molecular weight excluding hydrogens is 248 g/mol. The molecule has 0 saturated heterocycles. The fraction of sp³-hybridized carbons (Fsp3) is 0.562. The first-order chi connectivity index (χ1) is 9.67. The van der Waals surface area contributed by atoms with Crippen molar-refractivity contribution in [1.82, 2.24) is 9.80 Å². The Kier molecular flexibility index (Phi) is 5.01. The number of benzene rings is 1. The molecule has 1 aliphatic heterocycles. The second-order valence-corrected chi connectivity index (χ2v) is 5.51. The van der Waals surface area contributed by atoms with Gasteiger partial charge in [0.25, 0.3) is 0 Å². The lowest BCUT2D eigenvalue weighted by molar-refractivity contribution is 0.138. The molecule has 0 radical (unpaired) electrons. The minimum Gasteiger partial charge on any atom is -0.370 e. The SMILES string of the molecule is CCCCN(CN1Cc2ccccc2C1CC)C(=N)N. The van der Waals surface area contributed by atoms with Crippen LogP contribution in [0.1, 0.15) is 50.3 Å². The van der Waals surface area contributed by atoms with E-state index in [1.165, 1.54) is 11.1 Å². The average Bonchev–Trinajstić information content (AvgIpc) is 2.80. The summed E-state index contributed by atoms with van der Waals surface area (Å²) in [7, 11) is 0. The molecule has 110 valence electrons. The van der Waals surface area contributed by atoms with Crippen LogP contribution in [-0.4, -0.2) is 29.0 Å². The van der Waals surface area contributed by atoms with Crippen molar-refractivity contribution in [1.29, 1.82) is 5.41 Å². The molecule has 1 heterocycles. The third kappa shape index (κ3) is 3.12. The molecule has 2 rings (SSSR count). The number of unbranched alkanes of at least 4 members (excludes halogenated alkanes) is 1. The maximum absolute atomic E-state index is 7.75.